The van der Waals surface area contributed by atoms with E-state index >= 15 is 0 Å². The molecule has 1 aromatic carbocycles. The van der Waals surface area contributed by atoms with Crippen LogP contribution in [0.15, 0.2) is 36.7 Å². The SMILES string of the molecule is CN1CC(=O)N(CCCC(=O)N[C@@H](c2cccc(F)c2)c2nccn2C)C1=O. The smallest absolute Gasteiger partial charge is 0.326 e. The van der Waals surface area contributed by atoms with Crippen molar-refractivity contribution in [3.63, 3.8) is 0 Å². The van der Waals surface area contributed by atoms with Gasteiger partial charge in [-0.1, -0.05) is 12.1 Å². The monoisotopic (exact) mass is 387 g/mol. The number of benzene rings is 1. The van der Waals surface area contributed by atoms with Gasteiger partial charge in [0.05, 0.1) is 0 Å². The second-order valence-corrected chi connectivity index (χ2v) is 6.74. The molecule has 4 amide bonds. The number of aryl methyl sites for hydroxylation is 1. The maximum atomic E-state index is 13.7. The predicted molar refractivity (Wildman–Crippen MR) is 98.6 cm³/mol. The van der Waals surface area contributed by atoms with E-state index in [0.29, 0.717) is 17.8 Å². The lowest BCUT2D eigenvalue weighted by Crippen LogP contribution is -2.34. The fourth-order valence-corrected chi connectivity index (χ4v) is 3.16. The van der Waals surface area contributed by atoms with Gasteiger partial charge in [-0.25, -0.2) is 14.2 Å². The molecule has 1 fully saturated rings. The van der Waals surface area contributed by atoms with Gasteiger partial charge < -0.3 is 14.8 Å². The summed E-state index contributed by atoms with van der Waals surface area (Å²) in [5, 5.41) is 2.87. The molecule has 0 aliphatic carbocycles. The molecule has 28 heavy (non-hydrogen) atoms. The average molecular weight is 387 g/mol. The van der Waals surface area contributed by atoms with E-state index in [-0.39, 0.29) is 37.4 Å². The molecule has 9 heteroatoms. The maximum Gasteiger partial charge on any atom is 0.326 e. The number of nitrogens with zero attached hydrogens (tertiary/aromatic N) is 4. The number of halogens is 1. The van der Waals surface area contributed by atoms with Crippen molar-refractivity contribution in [2.24, 2.45) is 7.05 Å². The average Bonchev–Trinajstić information content (AvgIpc) is 3.17. The standard InChI is InChI=1S/C19H22FN5O3/c1-23-10-8-21-18(23)17(13-5-3-6-14(20)11-13)22-15(26)7-4-9-25-16(27)12-24(2)19(25)28/h3,5-6,8,10-11,17H,4,7,9,12H2,1-2H3,(H,22,26)/t17-/m0/s1. The lowest BCUT2D eigenvalue weighted by molar-refractivity contribution is -0.126. The highest BCUT2D eigenvalue weighted by Crippen LogP contribution is 2.21. The summed E-state index contributed by atoms with van der Waals surface area (Å²) in [5.41, 5.74) is 0.578. The zero-order chi connectivity index (χ0) is 20.3. The molecule has 1 aromatic heterocycles. The quantitative estimate of drug-likeness (QED) is 0.729. The number of amides is 4. The number of nitrogens with one attached hydrogen (secondary N) is 1. The van der Waals surface area contributed by atoms with Crippen molar-refractivity contribution in [2.75, 3.05) is 20.1 Å². The van der Waals surface area contributed by atoms with Crippen molar-refractivity contribution < 1.29 is 18.8 Å². The molecule has 0 radical (unpaired) electrons. The molecule has 0 bridgehead atoms. The van der Waals surface area contributed by atoms with Crippen LogP contribution in [0.4, 0.5) is 9.18 Å². The minimum atomic E-state index is -0.607. The second-order valence-electron chi connectivity index (χ2n) is 6.74. The summed E-state index contributed by atoms with van der Waals surface area (Å²) in [6, 6.07) is 5.04. The molecule has 2 heterocycles. The minimum Gasteiger partial charge on any atom is -0.342 e. The first-order valence-corrected chi connectivity index (χ1v) is 8.94. The normalized spacial score (nSPS) is 15.2. The molecule has 2 aromatic rings. The lowest BCUT2D eigenvalue weighted by Gasteiger charge is -2.20. The topological polar surface area (TPSA) is 87.5 Å². The summed E-state index contributed by atoms with van der Waals surface area (Å²) < 4.78 is 15.4. The van der Waals surface area contributed by atoms with Crippen LogP contribution in [0, 0.1) is 5.82 Å². The highest BCUT2D eigenvalue weighted by Gasteiger charge is 2.33. The predicted octanol–water partition coefficient (Wildman–Crippen LogP) is 1.44. The Labute approximate surface area is 161 Å². The first kappa shape index (κ1) is 19.5. The van der Waals surface area contributed by atoms with Crippen LogP contribution >= 0.6 is 0 Å². The van der Waals surface area contributed by atoms with Crippen molar-refractivity contribution in [1.82, 2.24) is 24.7 Å². The molecule has 1 N–H and O–H groups in total. The largest absolute Gasteiger partial charge is 0.342 e. The van der Waals surface area contributed by atoms with E-state index < -0.39 is 11.9 Å². The summed E-state index contributed by atoms with van der Waals surface area (Å²) in [5.74, 6) is -0.366. The van der Waals surface area contributed by atoms with Crippen LogP contribution in [0.1, 0.15) is 30.3 Å². The van der Waals surface area contributed by atoms with Gasteiger partial charge in [0.25, 0.3) is 0 Å². The van der Waals surface area contributed by atoms with Gasteiger partial charge in [-0.3, -0.25) is 14.5 Å². The van der Waals surface area contributed by atoms with Gasteiger partial charge in [0.2, 0.25) is 11.8 Å². The Morgan fingerprint density at radius 3 is 2.71 bits per heavy atom. The zero-order valence-corrected chi connectivity index (χ0v) is 15.8. The van der Waals surface area contributed by atoms with Crippen LogP contribution in [0.5, 0.6) is 0 Å². The Bertz CT molecular complexity index is 897. The second kappa shape index (κ2) is 8.20. The van der Waals surface area contributed by atoms with E-state index in [1.165, 1.54) is 17.0 Å². The molecule has 3 rings (SSSR count). The third kappa shape index (κ3) is 4.19. The van der Waals surface area contributed by atoms with Gasteiger partial charge in [0.15, 0.2) is 0 Å². The van der Waals surface area contributed by atoms with Crippen molar-refractivity contribution in [3.8, 4) is 0 Å². The molecular formula is C19H22FN5O3. The Morgan fingerprint density at radius 2 is 2.11 bits per heavy atom. The highest BCUT2D eigenvalue weighted by atomic mass is 19.1. The molecule has 148 valence electrons. The molecule has 0 unspecified atom stereocenters. The van der Waals surface area contributed by atoms with E-state index in [4.69, 9.17) is 0 Å². The van der Waals surface area contributed by atoms with Crippen molar-refractivity contribution in [3.05, 3.63) is 53.9 Å². The number of aromatic nitrogens is 2. The Hall–Kier alpha value is -3.23. The highest BCUT2D eigenvalue weighted by molar-refractivity contribution is 6.01. The fourth-order valence-electron chi connectivity index (χ4n) is 3.16. The first-order chi connectivity index (χ1) is 13.4. The molecule has 1 atom stereocenters. The van der Waals surface area contributed by atoms with Gasteiger partial charge >= 0.3 is 6.03 Å². The summed E-state index contributed by atoms with van der Waals surface area (Å²) in [4.78, 5) is 42.9. The van der Waals surface area contributed by atoms with Crippen molar-refractivity contribution in [2.45, 2.75) is 18.9 Å². The van der Waals surface area contributed by atoms with E-state index in [1.807, 2.05) is 0 Å². The van der Waals surface area contributed by atoms with Gasteiger partial charge in [-0.2, -0.15) is 0 Å². The van der Waals surface area contributed by atoms with Crippen LogP contribution in [0.2, 0.25) is 0 Å². The molecule has 0 saturated carbocycles. The van der Waals surface area contributed by atoms with Gasteiger partial charge in [-0.15, -0.1) is 0 Å². The molecule has 1 aliphatic rings. The molecule has 8 nitrogen and oxygen atoms in total. The molecule has 1 aliphatic heterocycles. The fraction of sp³-hybridized carbons (Fsp3) is 0.368. The number of likely N-dealkylation sites (N-methyl/N-ethyl adjacent to an activating group) is 1. The lowest BCUT2D eigenvalue weighted by atomic mass is 10.1. The van der Waals surface area contributed by atoms with Gasteiger partial charge in [0, 0.05) is 39.5 Å². The van der Waals surface area contributed by atoms with E-state index in [0.717, 1.165) is 4.90 Å². The molecule has 1 saturated heterocycles. The van der Waals surface area contributed by atoms with Crippen LogP contribution in [0.3, 0.4) is 0 Å². The maximum absolute atomic E-state index is 13.7. The van der Waals surface area contributed by atoms with Crippen molar-refractivity contribution in [1.29, 1.82) is 0 Å². The summed E-state index contributed by atoms with van der Waals surface area (Å²) >= 11 is 0. The Balaban J connectivity index is 1.64. The summed E-state index contributed by atoms with van der Waals surface area (Å²) in [7, 11) is 3.35. The van der Waals surface area contributed by atoms with E-state index in [2.05, 4.69) is 10.3 Å². The van der Waals surface area contributed by atoms with Crippen molar-refractivity contribution >= 4 is 17.8 Å². The number of hydrogen-bond donors (Lipinski definition) is 1. The summed E-state index contributed by atoms with van der Waals surface area (Å²) in [6.45, 7) is 0.244. The number of carbonyl (C=O) groups is 3. The number of rotatable bonds is 7. The Kier molecular flexibility index (Phi) is 5.72. The van der Waals surface area contributed by atoms with E-state index in [9.17, 15) is 18.8 Å². The van der Waals surface area contributed by atoms with Crippen LogP contribution in [0.25, 0.3) is 0 Å². The third-order valence-corrected chi connectivity index (χ3v) is 4.62. The third-order valence-electron chi connectivity index (χ3n) is 4.62. The van der Waals surface area contributed by atoms with Gasteiger partial charge in [0.1, 0.15) is 24.2 Å². The molecular weight excluding hydrogens is 365 g/mol. The summed E-state index contributed by atoms with van der Waals surface area (Å²) in [6.07, 6.45) is 3.81. The molecule has 0 spiro atoms. The van der Waals surface area contributed by atoms with Crippen LogP contribution in [-0.4, -0.2) is 57.3 Å². The number of imidazole rings is 1. The van der Waals surface area contributed by atoms with Gasteiger partial charge in [-0.05, 0) is 24.1 Å². The number of carbonyl (C=O) groups excluding carboxylic acids is 3. The number of hydrogen-bond acceptors (Lipinski definition) is 4. The minimum absolute atomic E-state index is 0.0613. The number of imide groups is 1. The van der Waals surface area contributed by atoms with Crippen LogP contribution in [-0.2, 0) is 16.6 Å². The van der Waals surface area contributed by atoms with Crippen LogP contribution < -0.4 is 5.32 Å². The zero-order valence-electron chi connectivity index (χ0n) is 15.8. The number of urea groups is 1. The first-order valence-electron chi connectivity index (χ1n) is 8.94. The van der Waals surface area contributed by atoms with E-state index in [1.54, 1.807) is 43.2 Å². The Morgan fingerprint density at radius 1 is 1.32 bits per heavy atom.